The molecule has 0 amide bonds. The maximum atomic E-state index is 10.1. The van der Waals surface area contributed by atoms with Crippen LogP contribution in [0.3, 0.4) is 0 Å². The van der Waals surface area contributed by atoms with Crippen molar-refractivity contribution in [2.24, 2.45) is 0 Å². The molecule has 1 aromatic carbocycles. The van der Waals surface area contributed by atoms with E-state index in [-0.39, 0.29) is 6.10 Å². The fourth-order valence-corrected chi connectivity index (χ4v) is 2.21. The SMILES string of the molecule is OC(Cc1ccoc1)C1Cc2ccccc2O1. The zero-order valence-electron chi connectivity index (χ0n) is 9.37. The van der Waals surface area contributed by atoms with E-state index < -0.39 is 6.10 Å². The highest BCUT2D eigenvalue weighted by atomic mass is 16.5. The first-order valence-electron chi connectivity index (χ1n) is 5.76. The highest BCUT2D eigenvalue weighted by molar-refractivity contribution is 5.37. The Morgan fingerprint density at radius 3 is 2.94 bits per heavy atom. The molecule has 2 heterocycles. The van der Waals surface area contributed by atoms with Crippen LogP contribution in [0.25, 0.3) is 0 Å². The maximum Gasteiger partial charge on any atom is 0.129 e. The monoisotopic (exact) mass is 230 g/mol. The van der Waals surface area contributed by atoms with Gasteiger partial charge in [0, 0.05) is 12.8 Å². The molecule has 17 heavy (non-hydrogen) atoms. The Hall–Kier alpha value is -1.74. The molecule has 1 aliphatic heterocycles. The van der Waals surface area contributed by atoms with Gasteiger partial charge in [0.2, 0.25) is 0 Å². The maximum absolute atomic E-state index is 10.1. The minimum atomic E-state index is -0.500. The third-order valence-electron chi connectivity index (χ3n) is 3.13. The van der Waals surface area contributed by atoms with Crippen molar-refractivity contribution in [2.75, 3.05) is 0 Å². The predicted octanol–water partition coefficient (Wildman–Crippen LogP) is 2.19. The van der Waals surface area contributed by atoms with Gasteiger partial charge in [-0.1, -0.05) is 18.2 Å². The Morgan fingerprint density at radius 1 is 1.29 bits per heavy atom. The highest BCUT2D eigenvalue weighted by Crippen LogP contribution is 2.30. The van der Waals surface area contributed by atoms with Crippen molar-refractivity contribution in [1.82, 2.24) is 0 Å². The standard InChI is InChI=1S/C14H14O3/c15-12(7-10-5-6-16-9-10)14-8-11-3-1-2-4-13(11)17-14/h1-6,9,12,14-15H,7-8H2. The molecule has 0 aliphatic carbocycles. The molecule has 0 radical (unpaired) electrons. The summed E-state index contributed by atoms with van der Waals surface area (Å²) in [6.07, 6.45) is 3.96. The van der Waals surface area contributed by atoms with Crippen molar-refractivity contribution in [3.8, 4) is 5.75 Å². The molecule has 1 aromatic heterocycles. The second-order valence-corrected chi connectivity index (χ2v) is 4.37. The number of hydrogen-bond acceptors (Lipinski definition) is 3. The molecular weight excluding hydrogens is 216 g/mol. The number of hydrogen-bond donors (Lipinski definition) is 1. The van der Waals surface area contributed by atoms with E-state index in [0.29, 0.717) is 6.42 Å². The second-order valence-electron chi connectivity index (χ2n) is 4.37. The van der Waals surface area contributed by atoms with Crippen LogP contribution in [0.15, 0.2) is 47.3 Å². The van der Waals surface area contributed by atoms with Gasteiger partial charge in [0.1, 0.15) is 11.9 Å². The molecule has 0 bridgehead atoms. The smallest absolute Gasteiger partial charge is 0.129 e. The summed E-state index contributed by atoms with van der Waals surface area (Å²) in [6, 6.07) is 9.79. The Labute approximate surface area is 99.6 Å². The van der Waals surface area contributed by atoms with Crippen LogP contribution in [0.5, 0.6) is 5.75 Å². The lowest BCUT2D eigenvalue weighted by molar-refractivity contribution is 0.0502. The van der Waals surface area contributed by atoms with Gasteiger partial charge < -0.3 is 14.3 Å². The molecule has 88 valence electrons. The third kappa shape index (κ3) is 2.06. The Kier molecular flexibility index (Phi) is 2.61. The van der Waals surface area contributed by atoms with Gasteiger partial charge in [-0.2, -0.15) is 0 Å². The summed E-state index contributed by atoms with van der Waals surface area (Å²) in [4.78, 5) is 0. The molecule has 2 atom stereocenters. The van der Waals surface area contributed by atoms with Gasteiger partial charge in [-0.15, -0.1) is 0 Å². The number of aliphatic hydroxyl groups excluding tert-OH is 1. The Balaban J connectivity index is 1.68. The molecule has 0 saturated carbocycles. The van der Waals surface area contributed by atoms with Crippen LogP contribution in [0.4, 0.5) is 0 Å². The first kappa shape index (κ1) is 10.4. The van der Waals surface area contributed by atoms with Gasteiger partial charge in [-0.3, -0.25) is 0 Å². The normalized spacial score (nSPS) is 19.7. The number of benzene rings is 1. The lowest BCUT2D eigenvalue weighted by atomic mass is 10.0. The molecule has 1 N–H and O–H groups in total. The first-order chi connectivity index (χ1) is 8.33. The molecule has 3 heteroatoms. The average molecular weight is 230 g/mol. The molecule has 2 unspecified atom stereocenters. The van der Waals surface area contributed by atoms with Crippen molar-refractivity contribution >= 4 is 0 Å². The van der Waals surface area contributed by atoms with Gasteiger partial charge in [-0.05, 0) is 23.3 Å². The van der Waals surface area contributed by atoms with Crippen LogP contribution in [-0.2, 0) is 12.8 Å². The van der Waals surface area contributed by atoms with Crippen molar-refractivity contribution in [2.45, 2.75) is 25.0 Å². The molecule has 3 rings (SSSR count). The zero-order valence-corrected chi connectivity index (χ0v) is 9.37. The van der Waals surface area contributed by atoms with E-state index in [0.717, 1.165) is 17.7 Å². The highest BCUT2D eigenvalue weighted by Gasteiger charge is 2.28. The van der Waals surface area contributed by atoms with E-state index in [1.54, 1.807) is 12.5 Å². The summed E-state index contributed by atoms with van der Waals surface area (Å²) in [5, 5.41) is 10.1. The Morgan fingerprint density at radius 2 is 2.18 bits per heavy atom. The molecular formula is C14H14O3. The lowest BCUT2D eigenvalue weighted by Crippen LogP contribution is -2.31. The van der Waals surface area contributed by atoms with Crippen molar-refractivity contribution < 1.29 is 14.3 Å². The fraction of sp³-hybridized carbons (Fsp3) is 0.286. The molecule has 1 aliphatic rings. The van der Waals surface area contributed by atoms with E-state index in [2.05, 4.69) is 0 Å². The molecule has 0 saturated heterocycles. The van der Waals surface area contributed by atoms with Gasteiger partial charge in [0.25, 0.3) is 0 Å². The van der Waals surface area contributed by atoms with Crippen molar-refractivity contribution in [1.29, 1.82) is 0 Å². The zero-order chi connectivity index (χ0) is 11.7. The summed E-state index contributed by atoms with van der Waals surface area (Å²) in [7, 11) is 0. The summed E-state index contributed by atoms with van der Waals surface area (Å²) in [5.41, 5.74) is 2.17. The second kappa shape index (κ2) is 4.26. The number of para-hydroxylation sites is 1. The Bertz CT molecular complexity index is 465. The van der Waals surface area contributed by atoms with E-state index in [4.69, 9.17) is 9.15 Å². The number of fused-ring (bicyclic) bond motifs is 1. The van der Waals surface area contributed by atoms with E-state index in [9.17, 15) is 5.11 Å². The number of rotatable bonds is 3. The molecule has 0 fully saturated rings. The fourth-order valence-electron chi connectivity index (χ4n) is 2.21. The van der Waals surface area contributed by atoms with E-state index in [1.807, 2.05) is 30.3 Å². The van der Waals surface area contributed by atoms with Crippen LogP contribution in [0, 0.1) is 0 Å². The third-order valence-corrected chi connectivity index (χ3v) is 3.13. The topological polar surface area (TPSA) is 42.6 Å². The van der Waals surface area contributed by atoms with Gasteiger partial charge >= 0.3 is 0 Å². The first-order valence-corrected chi connectivity index (χ1v) is 5.76. The van der Waals surface area contributed by atoms with E-state index >= 15 is 0 Å². The minimum Gasteiger partial charge on any atom is -0.487 e. The molecule has 0 spiro atoms. The van der Waals surface area contributed by atoms with Gasteiger partial charge in [-0.25, -0.2) is 0 Å². The molecule has 2 aromatic rings. The molecule has 3 nitrogen and oxygen atoms in total. The van der Waals surface area contributed by atoms with Crippen molar-refractivity contribution in [3.63, 3.8) is 0 Å². The van der Waals surface area contributed by atoms with Crippen LogP contribution >= 0.6 is 0 Å². The average Bonchev–Trinajstić information content (AvgIpc) is 2.96. The number of furan rings is 1. The van der Waals surface area contributed by atoms with Crippen LogP contribution in [-0.4, -0.2) is 17.3 Å². The van der Waals surface area contributed by atoms with Crippen LogP contribution in [0.2, 0.25) is 0 Å². The summed E-state index contributed by atoms with van der Waals surface area (Å²) in [5.74, 6) is 0.892. The lowest BCUT2D eigenvalue weighted by Gasteiger charge is -2.17. The van der Waals surface area contributed by atoms with Crippen LogP contribution in [0.1, 0.15) is 11.1 Å². The minimum absolute atomic E-state index is 0.151. The number of aliphatic hydroxyl groups is 1. The van der Waals surface area contributed by atoms with E-state index in [1.165, 1.54) is 5.56 Å². The summed E-state index contributed by atoms with van der Waals surface area (Å²) >= 11 is 0. The van der Waals surface area contributed by atoms with Gasteiger partial charge in [0.15, 0.2) is 0 Å². The van der Waals surface area contributed by atoms with Gasteiger partial charge in [0.05, 0.1) is 18.6 Å². The largest absolute Gasteiger partial charge is 0.487 e. The summed E-state index contributed by atoms with van der Waals surface area (Å²) in [6.45, 7) is 0. The number of ether oxygens (including phenoxy) is 1. The van der Waals surface area contributed by atoms with Crippen molar-refractivity contribution in [3.05, 3.63) is 54.0 Å². The summed E-state index contributed by atoms with van der Waals surface area (Å²) < 4.78 is 10.7. The predicted molar refractivity (Wildman–Crippen MR) is 63.0 cm³/mol. The van der Waals surface area contributed by atoms with Crippen LogP contribution < -0.4 is 4.74 Å². The quantitative estimate of drug-likeness (QED) is 0.878.